The molecule has 0 aliphatic heterocycles. The van der Waals surface area contributed by atoms with Crippen molar-refractivity contribution in [3.63, 3.8) is 0 Å². The van der Waals surface area contributed by atoms with Crippen molar-refractivity contribution in [1.29, 1.82) is 0 Å². The van der Waals surface area contributed by atoms with Gasteiger partial charge in [-0.2, -0.15) is 0 Å². The van der Waals surface area contributed by atoms with Gasteiger partial charge in [-0.15, -0.1) is 0 Å². The van der Waals surface area contributed by atoms with Gasteiger partial charge in [0.2, 0.25) is 0 Å². The Labute approximate surface area is 93.0 Å². The number of hydrogen-bond acceptors (Lipinski definition) is 3. The van der Waals surface area contributed by atoms with Gasteiger partial charge in [0.15, 0.2) is 5.58 Å². The van der Waals surface area contributed by atoms with E-state index >= 15 is 0 Å². The maximum absolute atomic E-state index is 10.5. The molecule has 1 heterocycles. The van der Waals surface area contributed by atoms with Crippen molar-refractivity contribution < 1.29 is 14.4 Å². The van der Waals surface area contributed by atoms with Gasteiger partial charge in [0, 0.05) is 8.96 Å². The number of rotatable bonds is 2. The smallest absolute Gasteiger partial charge is 0.309 e. The summed E-state index contributed by atoms with van der Waals surface area (Å²) in [6.07, 6.45) is -0.104. The van der Waals surface area contributed by atoms with E-state index in [1.807, 2.05) is 18.2 Å². The van der Waals surface area contributed by atoms with Gasteiger partial charge in [0.1, 0.15) is 5.69 Å². The number of hydrogen-bond donors (Lipinski definition) is 1. The van der Waals surface area contributed by atoms with Gasteiger partial charge in [-0.3, -0.25) is 4.79 Å². The minimum absolute atomic E-state index is 0.104. The summed E-state index contributed by atoms with van der Waals surface area (Å²) in [4.78, 5) is 10.5. The Hall–Kier alpha value is -1.11. The lowest BCUT2D eigenvalue weighted by molar-refractivity contribution is -0.136. The Morgan fingerprint density at radius 1 is 1.57 bits per heavy atom. The summed E-state index contributed by atoms with van der Waals surface area (Å²) >= 11 is 2.16. The van der Waals surface area contributed by atoms with Gasteiger partial charge >= 0.3 is 5.97 Å². The summed E-state index contributed by atoms with van der Waals surface area (Å²) < 4.78 is 6.05. The van der Waals surface area contributed by atoms with Crippen LogP contribution in [-0.2, 0) is 11.2 Å². The van der Waals surface area contributed by atoms with E-state index in [-0.39, 0.29) is 6.42 Å². The van der Waals surface area contributed by atoms with E-state index in [0.717, 1.165) is 8.96 Å². The predicted octanol–water partition coefficient (Wildman–Crippen LogP) is 2.06. The molecule has 0 spiro atoms. The highest BCUT2D eigenvalue weighted by atomic mass is 127. The van der Waals surface area contributed by atoms with Crippen LogP contribution in [-0.4, -0.2) is 16.2 Å². The molecule has 0 unspecified atom stereocenters. The fourth-order valence-corrected chi connectivity index (χ4v) is 1.70. The number of carboxylic acids is 1. The van der Waals surface area contributed by atoms with Crippen LogP contribution in [0.3, 0.4) is 0 Å². The summed E-state index contributed by atoms with van der Waals surface area (Å²) in [5, 5.41) is 13.1. The number of benzene rings is 1. The third-order valence-corrected chi connectivity index (χ3v) is 2.50. The van der Waals surface area contributed by atoms with Crippen LogP contribution in [0.15, 0.2) is 22.7 Å². The zero-order chi connectivity index (χ0) is 10.1. The molecule has 0 saturated heterocycles. The molecule has 0 amide bonds. The Balaban J connectivity index is 2.52. The highest BCUT2D eigenvalue weighted by molar-refractivity contribution is 14.1. The highest BCUT2D eigenvalue weighted by Crippen LogP contribution is 2.21. The Bertz CT molecular complexity index is 492. The van der Waals surface area contributed by atoms with Crippen molar-refractivity contribution in [2.75, 3.05) is 0 Å². The summed E-state index contributed by atoms with van der Waals surface area (Å²) in [6.45, 7) is 0. The van der Waals surface area contributed by atoms with Gasteiger partial charge in [0.25, 0.3) is 0 Å². The van der Waals surface area contributed by atoms with E-state index in [9.17, 15) is 4.79 Å². The zero-order valence-electron chi connectivity index (χ0n) is 7.03. The second kappa shape index (κ2) is 3.56. The number of aromatic nitrogens is 1. The second-order valence-corrected chi connectivity index (χ2v) is 4.09. The summed E-state index contributed by atoms with van der Waals surface area (Å²) in [5.74, 6) is -0.904. The number of halogens is 1. The molecule has 1 aromatic heterocycles. The van der Waals surface area contributed by atoms with E-state index in [4.69, 9.17) is 9.63 Å². The lowest BCUT2D eigenvalue weighted by atomic mass is 10.2. The van der Waals surface area contributed by atoms with E-state index in [2.05, 4.69) is 27.7 Å². The summed E-state index contributed by atoms with van der Waals surface area (Å²) in [6, 6.07) is 5.55. The SMILES string of the molecule is O=C(O)Cc1noc2cc(I)ccc12. The number of aliphatic carboxylic acids is 1. The van der Waals surface area contributed by atoms with E-state index in [0.29, 0.717) is 11.3 Å². The van der Waals surface area contributed by atoms with Crippen LogP contribution < -0.4 is 0 Å². The molecule has 0 atom stereocenters. The van der Waals surface area contributed by atoms with Crippen molar-refractivity contribution in [1.82, 2.24) is 5.16 Å². The van der Waals surface area contributed by atoms with Crippen molar-refractivity contribution >= 4 is 39.5 Å². The average molecular weight is 303 g/mol. The minimum Gasteiger partial charge on any atom is -0.481 e. The standard InChI is InChI=1S/C9H6INO3/c10-5-1-2-6-7(4-9(12)13)11-14-8(6)3-5/h1-3H,4H2,(H,12,13). The fraction of sp³-hybridized carbons (Fsp3) is 0.111. The molecule has 14 heavy (non-hydrogen) atoms. The molecule has 4 nitrogen and oxygen atoms in total. The Morgan fingerprint density at radius 2 is 2.36 bits per heavy atom. The van der Waals surface area contributed by atoms with Crippen LogP contribution in [0.4, 0.5) is 0 Å². The third-order valence-electron chi connectivity index (χ3n) is 1.83. The summed E-state index contributed by atoms with van der Waals surface area (Å²) in [5.41, 5.74) is 1.11. The molecule has 0 fully saturated rings. The number of nitrogens with zero attached hydrogens (tertiary/aromatic N) is 1. The maximum atomic E-state index is 10.5. The third kappa shape index (κ3) is 1.72. The normalized spacial score (nSPS) is 10.6. The highest BCUT2D eigenvalue weighted by Gasteiger charge is 2.11. The van der Waals surface area contributed by atoms with Crippen LogP contribution >= 0.6 is 22.6 Å². The Morgan fingerprint density at radius 3 is 3.07 bits per heavy atom. The molecule has 2 aromatic rings. The van der Waals surface area contributed by atoms with Crippen LogP contribution in [0.1, 0.15) is 5.69 Å². The molecule has 1 aromatic carbocycles. The van der Waals surface area contributed by atoms with Crippen LogP contribution in [0.2, 0.25) is 0 Å². The van der Waals surface area contributed by atoms with E-state index in [1.165, 1.54) is 0 Å². The van der Waals surface area contributed by atoms with Gasteiger partial charge < -0.3 is 9.63 Å². The lowest BCUT2D eigenvalue weighted by Crippen LogP contribution is -2.00. The van der Waals surface area contributed by atoms with Crippen molar-refractivity contribution in [2.24, 2.45) is 0 Å². The molecular weight excluding hydrogens is 297 g/mol. The fourth-order valence-electron chi connectivity index (χ4n) is 1.23. The molecule has 0 saturated carbocycles. The molecule has 0 radical (unpaired) electrons. The molecule has 1 N–H and O–H groups in total. The van der Waals surface area contributed by atoms with E-state index < -0.39 is 5.97 Å². The van der Waals surface area contributed by atoms with Crippen molar-refractivity contribution in [3.8, 4) is 0 Å². The first-order chi connectivity index (χ1) is 6.66. The van der Waals surface area contributed by atoms with Gasteiger partial charge in [-0.05, 0) is 40.8 Å². The Kier molecular flexibility index (Phi) is 2.40. The number of carbonyl (C=O) groups is 1. The predicted molar refractivity (Wildman–Crippen MR) is 58.1 cm³/mol. The molecule has 0 bridgehead atoms. The molecule has 5 heteroatoms. The van der Waals surface area contributed by atoms with Crippen molar-refractivity contribution in [2.45, 2.75) is 6.42 Å². The molecule has 2 rings (SSSR count). The lowest BCUT2D eigenvalue weighted by Gasteiger charge is -1.90. The van der Waals surface area contributed by atoms with Gasteiger partial charge in [0.05, 0.1) is 6.42 Å². The first kappa shape index (κ1) is 9.45. The van der Waals surface area contributed by atoms with Gasteiger partial charge in [-0.1, -0.05) is 5.16 Å². The van der Waals surface area contributed by atoms with Crippen LogP contribution in [0, 0.1) is 3.57 Å². The van der Waals surface area contributed by atoms with Gasteiger partial charge in [-0.25, -0.2) is 0 Å². The summed E-state index contributed by atoms with van der Waals surface area (Å²) in [7, 11) is 0. The monoisotopic (exact) mass is 303 g/mol. The van der Waals surface area contributed by atoms with Crippen LogP contribution in [0.5, 0.6) is 0 Å². The van der Waals surface area contributed by atoms with Crippen LogP contribution in [0.25, 0.3) is 11.0 Å². The first-order valence-electron chi connectivity index (χ1n) is 3.92. The minimum atomic E-state index is -0.904. The number of carboxylic acid groups (broad SMARTS) is 1. The molecule has 0 aliphatic rings. The number of fused-ring (bicyclic) bond motifs is 1. The largest absolute Gasteiger partial charge is 0.481 e. The molecular formula is C9H6INO3. The van der Waals surface area contributed by atoms with E-state index in [1.54, 1.807) is 0 Å². The van der Waals surface area contributed by atoms with Crippen molar-refractivity contribution in [3.05, 3.63) is 27.5 Å². The molecule has 0 aliphatic carbocycles. The quantitative estimate of drug-likeness (QED) is 0.863. The second-order valence-electron chi connectivity index (χ2n) is 2.84. The maximum Gasteiger partial charge on any atom is 0.309 e. The zero-order valence-corrected chi connectivity index (χ0v) is 9.19. The first-order valence-corrected chi connectivity index (χ1v) is 5.00. The topological polar surface area (TPSA) is 63.3 Å². The average Bonchev–Trinajstić information content (AvgIpc) is 2.47. The molecule has 72 valence electrons.